The molecule has 0 spiro atoms. The molecular weight excluding hydrogens is 642 g/mol. The summed E-state index contributed by atoms with van der Waals surface area (Å²) in [6.45, 7) is -3.40. The molecule has 9 nitrogen and oxygen atoms in total. The van der Waals surface area contributed by atoms with E-state index in [0.29, 0.717) is 23.1 Å². The summed E-state index contributed by atoms with van der Waals surface area (Å²) in [6, 6.07) is 15.9. The number of carbonyl (C=O) groups excluding carboxylic acids is 2. The zero-order valence-electron chi connectivity index (χ0n) is 24.6. The summed E-state index contributed by atoms with van der Waals surface area (Å²) in [5.41, 5.74) is 3.02. The summed E-state index contributed by atoms with van der Waals surface area (Å²) < 4.78 is 61.7. The summed E-state index contributed by atoms with van der Waals surface area (Å²) >= 11 is 5.87. The number of aliphatic hydroxyl groups is 1. The SMILES string of the molecule is COc1cc(C(=O)NC[C@@](O)(c2ccccc2)c2cc(C3(C(N)=O)CC3)cc(-c3ccc(F)c(Cl)c3F)n2)cc2cn(C(F)F)nc12. The first kappa shape index (κ1) is 32.0. The van der Waals surface area contributed by atoms with E-state index >= 15 is 4.39 Å². The Balaban J connectivity index is 1.45. The van der Waals surface area contributed by atoms with Crippen molar-refractivity contribution in [1.29, 1.82) is 0 Å². The van der Waals surface area contributed by atoms with Crippen LogP contribution in [0.3, 0.4) is 0 Å². The maximum absolute atomic E-state index is 15.3. The summed E-state index contributed by atoms with van der Waals surface area (Å²) in [5, 5.41) is 18.3. The average Bonchev–Trinajstić information content (AvgIpc) is 3.78. The van der Waals surface area contributed by atoms with Crippen LogP contribution in [0.25, 0.3) is 22.2 Å². The Labute approximate surface area is 269 Å². The third kappa shape index (κ3) is 5.65. The zero-order valence-corrected chi connectivity index (χ0v) is 25.4. The molecule has 2 amide bonds. The summed E-state index contributed by atoms with van der Waals surface area (Å²) in [5.74, 6) is -3.34. The van der Waals surface area contributed by atoms with Crippen molar-refractivity contribution >= 4 is 34.3 Å². The first-order valence-electron chi connectivity index (χ1n) is 14.3. The van der Waals surface area contributed by atoms with Crippen LogP contribution in [0.15, 0.2) is 72.9 Å². The van der Waals surface area contributed by atoms with E-state index in [2.05, 4.69) is 15.4 Å². The highest BCUT2D eigenvalue weighted by atomic mass is 35.5. The van der Waals surface area contributed by atoms with Gasteiger partial charge >= 0.3 is 6.55 Å². The Morgan fingerprint density at radius 3 is 2.49 bits per heavy atom. The maximum Gasteiger partial charge on any atom is 0.333 e. The number of nitrogens with one attached hydrogen (secondary N) is 1. The Kier molecular flexibility index (Phi) is 8.14. The highest BCUT2D eigenvalue weighted by Gasteiger charge is 2.51. The van der Waals surface area contributed by atoms with Gasteiger partial charge in [-0.1, -0.05) is 41.9 Å². The number of hydrogen-bond donors (Lipinski definition) is 3. The fourth-order valence-corrected chi connectivity index (χ4v) is 5.72. The molecule has 1 atom stereocenters. The predicted molar refractivity (Wildman–Crippen MR) is 164 cm³/mol. The minimum Gasteiger partial charge on any atom is -0.494 e. The van der Waals surface area contributed by atoms with Crippen molar-refractivity contribution in [2.75, 3.05) is 13.7 Å². The van der Waals surface area contributed by atoms with Crippen LogP contribution in [-0.2, 0) is 15.8 Å². The molecule has 0 unspecified atom stereocenters. The fraction of sp³-hybridized carbons (Fsp3) is 0.212. The Hall–Kier alpha value is -5.01. The van der Waals surface area contributed by atoms with Crippen LogP contribution in [0.5, 0.6) is 5.75 Å². The van der Waals surface area contributed by atoms with Gasteiger partial charge in [0, 0.05) is 22.7 Å². The molecule has 1 saturated carbocycles. The van der Waals surface area contributed by atoms with Gasteiger partial charge in [0.15, 0.2) is 5.82 Å². The molecule has 6 rings (SSSR count). The molecule has 47 heavy (non-hydrogen) atoms. The van der Waals surface area contributed by atoms with Crippen molar-refractivity contribution < 1.29 is 37.0 Å². The largest absolute Gasteiger partial charge is 0.494 e. The maximum atomic E-state index is 15.3. The molecule has 1 aliphatic rings. The lowest BCUT2D eigenvalue weighted by molar-refractivity contribution is -0.120. The van der Waals surface area contributed by atoms with Gasteiger partial charge < -0.3 is 20.9 Å². The van der Waals surface area contributed by atoms with Gasteiger partial charge in [0.05, 0.1) is 30.5 Å². The minimum atomic E-state index is -2.91. The molecule has 0 radical (unpaired) electrons. The molecular formula is C33H26ClF4N5O4. The smallest absolute Gasteiger partial charge is 0.333 e. The van der Waals surface area contributed by atoms with Crippen molar-refractivity contribution in [3.63, 3.8) is 0 Å². The van der Waals surface area contributed by atoms with Crippen molar-refractivity contribution in [3.05, 3.63) is 112 Å². The monoisotopic (exact) mass is 667 g/mol. The van der Waals surface area contributed by atoms with E-state index in [1.165, 1.54) is 31.4 Å². The zero-order chi connectivity index (χ0) is 33.7. The molecule has 0 aliphatic heterocycles. The van der Waals surface area contributed by atoms with Crippen LogP contribution < -0.4 is 15.8 Å². The number of primary amides is 1. The molecule has 4 N–H and O–H groups in total. The number of nitrogens with zero attached hydrogens (tertiary/aromatic N) is 3. The highest BCUT2D eigenvalue weighted by molar-refractivity contribution is 6.31. The number of alkyl halides is 2. The number of fused-ring (bicyclic) bond motifs is 1. The number of hydrogen-bond acceptors (Lipinski definition) is 6. The summed E-state index contributed by atoms with van der Waals surface area (Å²) in [7, 11) is 1.30. The Bertz CT molecular complexity index is 2040. The first-order valence-corrected chi connectivity index (χ1v) is 14.6. The van der Waals surface area contributed by atoms with E-state index in [1.54, 1.807) is 30.3 Å². The van der Waals surface area contributed by atoms with Crippen LogP contribution >= 0.6 is 11.6 Å². The number of aromatic nitrogens is 3. The van der Waals surface area contributed by atoms with E-state index < -0.39 is 52.6 Å². The van der Waals surface area contributed by atoms with Crippen LogP contribution in [0.1, 0.15) is 46.6 Å². The number of halogens is 5. The predicted octanol–water partition coefficient (Wildman–Crippen LogP) is 5.62. The standard InChI is InChI=1S/C33H26ClF4N5O4/c1-47-24-12-17(11-18-15-43(31(37)38)42-28(18)24)29(44)40-16-33(46,19-5-3-2-4-6-19)25-14-20(32(9-10-32)30(39)45)13-23(41-25)21-7-8-22(35)26(34)27(21)36/h2-8,11-15,31,46H,9-10,16H2,1H3,(H2,39,45)(H,40,44)/t33-/m1/s1. The fourth-order valence-electron chi connectivity index (χ4n) is 5.56. The van der Waals surface area contributed by atoms with Crippen molar-refractivity contribution in [3.8, 4) is 17.0 Å². The number of nitrogens with two attached hydrogens (primary N) is 1. The first-order chi connectivity index (χ1) is 22.4. The molecule has 14 heteroatoms. The molecule has 242 valence electrons. The van der Waals surface area contributed by atoms with Gasteiger partial charge in [-0.05, 0) is 60.4 Å². The molecule has 0 bridgehead atoms. The van der Waals surface area contributed by atoms with Gasteiger partial charge in [-0.2, -0.15) is 13.9 Å². The van der Waals surface area contributed by atoms with Gasteiger partial charge in [0.25, 0.3) is 5.91 Å². The van der Waals surface area contributed by atoms with Crippen LogP contribution in [0, 0.1) is 11.6 Å². The number of ether oxygens (including phenoxy) is 1. The van der Waals surface area contributed by atoms with Crippen molar-refractivity contribution in [2.45, 2.75) is 30.4 Å². The van der Waals surface area contributed by atoms with Gasteiger partial charge in [0.1, 0.15) is 27.7 Å². The van der Waals surface area contributed by atoms with E-state index in [1.807, 2.05) is 0 Å². The van der Waals surface area contributed by atoms with Crippen molar-refractivity contribution in [2.24, 2.45) is 5.73 Å². The topological polar surface area (TPSA) is 132 Å². The highest BCUT2D eigenvalue weighted by Crippen LogP contribution is 2.49. The number of amides is 2. The molecule has 5 aromatic rings. The number of benzene rings is 3. The van der Waals surface area contributed by atoms with E-state index in [9.17, 15) is 27.9 Å². The summed E-state index contributed by atoms with van der Waals surface area (Å²) in [6.07, 6.45) is 1.86. The minimum absolute atomic E-state index is 0.0228. The van der Waals surface area contributed by atoms with E-state index in [0.717, 1.165) is 18.3 Å². The Morgan fingerprint density at radius 2 is 1.85 bits per heavy atom. The van der Waals surface area contributed by atoms with Gasteiger partial charge in [0.2, 0.25) is 5.91 Å². The van der Waals surface area contributed by atoms with Crippen molar-refractivity contribution in [1.82, 2.24) is 20.1 Å². The normalized spacial score (nSPS) is 15.0. The number of methoxy groups -OCH3 is 1. The van der Waals surface area contributed by atoms with E-state index in [-0.39, 0.29) is 44.7 Å². The third-order valence-corrected chi connectivity index (χ3v) is 8.71. The second-order valence-electron chi connectivity index (χ2n) is 11.2. The second kappa shape index (κ2) is 12.0. The van der Waals surface area contributed by atoms with Gasteiger partial charge in [-0.25, -0.2) is 18.4 Å². The summed E-state index contributed by atoms with van der Waals surface area (Å²) in [4.78, 5) is 30.6. The lowest BCUT2D eigenvalue weighted by Crippen LogP contribution is -2.42. The number of carbonyl (C=O) groups is 2. The van der Waals surface area contributed by atoms with Crippen LogP contribution in [0.2, 0.25) is 5.02 Å². The molecule has 2 heterocycles. The van der Waals surface area contributed by atoms with Gasteiger partial charge in [-0.15, -0.1) is 0 Å². The third-order valence-electron chi connectivity index (χ3n) is 8.36. The molecule has 1 aliphatic carbocycles. The number of rotatable bonds is 10. The lowest BCUT2D eigenvalue weighted by atomic mass is 9.85. The molecule has 3 aromatic carbocycles. The van der Waals surface area contributed by atoms with Crippen LogP contribution in [-0.4, -0.2) is 45.3 Å². The lowest BCUT2D eigenvalue weighted by Gasteiger charge is -2.30. The van der Waals surface area contributed by atoms with Gasteiger partial charge in [-0.3, -0.25) is 9.59 Å². The Morgan fingerprint density at radius 1 is 1.13 bits per heavy atom. The number of pyridine rings is 1. The molecule has 0 saturated heterocycles. The average molecular weight is 668 g/mol. The van der Waals surface area contributed by atoms with E-state index in [4.69, 9.17) is 22.1 Å². The molecule has 2 aromatic heterocycles. The van der Waals surface area contributed by atoms with Crippen LogP contribution in [0.4, 0.5) is 17.6 Å². The quantitative estimate of drug-likeness (QED) is 0.131. The second-order valence-corrected chi connectivity index (χ2v) is 11.6. The molecule has 1 fully saturated rings.